The third-order valence-corrected chi connectivity index (χ3v) is 6.66. The number of nitrogens with two attached hydrogens (primary N) is 1. The van der Waals surface area contributed by atoms with Crippen LogP contribution in [0.4, 0.5) is 22.4 Å². The Morgan fingerprint density at radius 2 is 1.84 bits per heavy atom. The van der Waals surface area contributed by atoms with E-state index in [1.165, 1.54) is 12.0 Å². The molecule has 1 fully saturated rings. The number of nitrogens with one attached hydrogen (secondary N) is 1. The highest BCUT2D eigenvalue weighted by molar-refractivity contribution is 5.83. The summed E-state index contributed by atoms with van der Waals surface area (Å²) in [6.07, 6.45) is 3.69. The maximum atomic E-state index is 12.0. The average Bonchev–Trinajstić information content (AvgIpc) is 3.67. The Morgan fingerprint density at radius 1 is 1.11 bits per heavy atom. The molecule has 2 aliphatic rings. The van der Waals surface area contributed by atoms with Crippen LogP contribution in [0.1, 0.15) is 24.1 Å². The van der Waals surface area contributed by atoms with Gasteiger partial charge in [-0.1, -0.05) is 0 Å². The second-order valence-corrected chi connectivity index (χ2v) is 8.86. The van der Waals surface area contributed by atoms with E-state index in [2.05, 4.69) is 20.3 Å². The minimum Gasteiger partial charge on any atom is -0.493 e. The van der Waals surface area contributed by atoms with Crippen LogP contribution < -0.4 is 30.2 Å². The predicted octanol–water partition coefficient (Wildman–Crippen LogP) is 1.88. The smallest absolute Gasteiger partial charge is 0.407 e. The van der Waals surface area contributed by atoms with Gasteiger partial charge in [0.05, 0.1) is 52.0 Å². The van der Waals surface area contributed by atoms with Crippen molar-refractivity contribution < 1.29 is 28.9 Å². The molecule has 1 unspecified atom stereocenters. The van der Waals surface area contributed by atoms with Crippen molar-refractivity contribution in [3.05, 3.63) is 35.9 Å². The first-order valence-corrected chi connectivity index (χ1v) is 11.9. The zero-order valence-corrected chi connectivity index (χ0v) is 21.2. The molecule has 14 nitrogen and oxygen atoms in total. The zero-order valence-electron chi connectivity index (χ0n) is 21.2. The number of ether oxygens (including phenoxy) is 3. The number of hydrogen-bond acceptors (Lipinski definition) is 10. The van der Waals surface area contributed by atoms with Gasteiger partial charge in [-0.25, -0.2) is 14.8 Å². The number of fused-ring (bicyclic) bond motifs is 1. The van der Waals surface area contributed by atoms with Gasteiger partial charge in [-0.15, -0.1) is 0 Å². The minimum absolute atomic E-state index is 0.115. The number of imidazole rings is 1. The molecule has 1 aromatic carbocycles. The van der Waals surface area contributed by atoms with E-state index in [-0.39, 0.29) is 13.1 Å². The molecule has 0 bridgehead atoms. The molecule has 0 saturated carbocycles. The fraction of sp³-hybridized carbons (Fsp3) is 0.375. The molecule has 4 heterocycles. The van der Waals surface area contributed by atoms with E-state index in [9.17, 15) is 14.7 Å². The van der Waals surface area contributed by atoms with Crippen molar-refractivity contribution in [2.45, 2.75) is 32.0 Å². The van der Waals surface area contributed by atoms with E-state index < -0.39 is 18.0 Å². The summed E-state index contributed by atoms with van der Waals surface area (Å²) in [5.41, 5.74) is 7.53. The van der Waals surface area contributed by atoms with Crippen LogP contribution in [-0.2, 0) is 17.9 Å². The maximum absolute atomic E-state index is 12.0. The standard InChI is InChI=1S/C24H28N8O6/c1-36-17-7-13(8-18(37-2)20(17)38-3)31-11-19(26-12-31)28-22-14-9-30(24(34)35)10-15(14)27-23(29-22)32-6-4-5-16(32)21(25)33/h7-8,11-12,16H,4-6,9-10H2,1-3H3,(H2,25,33)(H,34,35)(H,27,28,29). The van der Waals surface area contributed by atoms with Crippen molar-refractivity contribution in [3.8, 4) is 22.9 Å². The molecule has 200 valence electrons. The first-order chi connectivity index (χ1) is 18.3. The summed E-state index contributed by atoms with van der Waals surface area (Å²) in [5.74, 6) is 2.21. The van der Waals surface area contributed by atoms with Crippen molar-refractivity contribution in [2.75, 3.05) is 38.1 Å². The largest absolute Gasteiger partial charge is 0.493 e. The summed E-state index contributed by atoms with van der Waals surface area (Å²) in [6.45, 7) is 0.814. The van der Waals surface area contributed by atoms with Crippen LogP contribution in [0.5, 0.6) is 17.2 Å². The molecule has 5 rings (SSSR count). The van der Waals surface area contributed by atoms with Crippen LogP contribution in [0.15, 0.2) is 24.7 Å². The Morgan fingerprint density at radius 3 is 2.47 bits per heavy atom. The van der Waals surface area contributed by atoms with E-state index in [1.807, 2.05) is 0 Å². The Kier molecular flexibility index (Phi) is 6.53. The first kappa shape index (κ1) is 24.9. The van der Waals surface area contributed by atoms with Crippen molar-refractivity contribution in [2.24, 2.45) is 5.73 Å². The molecular formula is C24H28N8O6. The van der Waals surface area contributed by atoms with Gasteiger partial charge in [0.1, 0.15) is 24.0 Å². The van der Waals surface area contributed by atoms with Crippen molar-refractivity contribution >= 4 is 29.6 Å². The highest BCUT2D eigenvalue weighted by atomic mass is 16.5. The molecule has 4 N–H and O–H groups in total. The number of carbonyl (C=O) groups is 2. The van der Waals surface area contributed by atoms with Crippen LogP contribution in [0.3, 0.4) is 0 Å². The number of anilines is 3. The second kappa shape index (κ2) is 9.95. The molecule has 1 saturated heterocycles. The number of carbonyl (C=O) groups excluding carboxylic acids is 1. The summed E-state index contributed by atoms with van der Waals surface area (Å²) in [6, 6.07) is 3.06. The SMILES string of the molecule is COc1cc(-n2cnc(Nc3nc(N4CCCC4C(N)=O)nc4c3CN(C(=O)O)C4)c2)cc(OC)c1OC. The summed E-state index contributed by atoms with van der Waals surface area (Å²) in [7, 11) is 4.62. The molecule has 3 aromatic rings. The van der Waals surface area contributed by atoms with Gasteiger partial charge in [0.25, 0.3) is 0 Å². The molecule has 0 radical (unpaired) electrons. The van der Waals surface area contributed by atoms with Crippen molar-refractivity contribution in [3.63, 3.8) is 0 Å². The van der Waals surface area contributed by atoms with Crippen LogP contribution in [-0.4, -0.2) is 75.4 Å². The zero-order chi connectivity index (χ0) is 27.0. The lowest BCUT2D eigenvalue weighted by Gasteiger charge is -2.23. The molecule has 2 aromatic heterocycles. The van der Waals surface area contributed by atoms with Crippen molar-refractivity contribution in [1.82, 2.24) is 24.4 Å². The highest BCUT2D eigenvalue weighted by Crippen LogP contribution is 2.39. The van der Waals surface area contributed by atoms with Gasteiger partial charge in [-0.2, -0.15) is 4.98 Å². The number of rotatable bonds is 8. The van der Waals surface area contributed by atoms with E-state index >= 15 is 0 Å². The number of methoxy groups -OCH3 is 3. The lowest BCUT2D eigenvalue weighted by molar-refractivity contribution is -0.119. The maximum Gasteiger partial charge on any atom is 0.407 e. The minimum atomic E-state index is -1.06. The molecule has 1 atom stereocenters. The average molecular weight is 525 g/mol. The van der Waals surface area contributed by atoms with Crippen LogP contribution in [0, 0.1) is 0 Å². The Balaban J connectivity index is 1.49. The number of amides is 2. The molecule has 2 amide bonds. The van der Waals surface area contributed by atoms with Crippen molar-refractivity contribution in [1.29, 1.82) is 0 Å². The summed E-state index contributed by atoms with van der Waals surface area (Å²) in [5, 5.41) is 12.8. The van der Waals surface area contributed by atoms with Crippen LogP contribution in [0.25, 0.3) is 5.69 Å². The van der Waals surface area contributed by atoms with Crippen LogP contribution >= 0.6 is 0 Å². The quantitative estimate of drug-likeness (QED) is 0.393. The van der Waals surface area contributed by atoms with Gasteiger partial charge >= 0.3 is 6.09 Å². The number of benzene rings is 1. The number of primary amides is 1. The third kappa shape index (κ3) is 4.44. The summed E-state index contributed by atoms with van der Waals surface area (Å²) < 4.78 is 18.1. The lowest BCUT2D eigenvalue weighted by atomic mass is 10.2. The molecule has 2 aliphatic heterocycles. The molecule has 0 spiro atoms. The van der Waals surface area contributed by atoms with E-state index in [0.717, 1.165) is 6.42 Å². The third-order valence-electron chi connectivity index (χ3n) is 6.66. The van der Waals surface area contributed by atoms with E-state index in [4.69, 9.17) is 19.9 Å². The second-order valence-electron chi connectivity index (χ2n) is 8.86. The first-order valence-electron chi connectivity index (χ1n) is 11.9. The number of aromatic nitrogens is 4. The van der Waals surface area contributed by atoms with Gasteiger partial charge in [0, 0.05) is 24.2 Å². The normalized spacial score (nSPS) is 16.3. The van der Waals surface area contributed by atoms with Crippen LogP contribution in [0.2, 0.25) is 0 Å². The van der Waals surface area contributed by atoms with Gasteiger partial charge in [0.2, 0.25) is 17.6 Å². The van der Waals surface area contributed by atoms with Gasteiger partial charge in [0.15, 0.2) is 11.5 Å². The Hall–Kier alpha value is -4.75. The fourth-order valence-electron chi connectivity index (χ4n) is 4.78. The summed E-state index contributed by atoms with van der Waals surface area (Å²) >= 11 is 0. The van der Waals surface area contributed by atoms with E-state index in [1.54, 1.807) is 48.3 Å². The predicted molar refractivity (Wildman–Crippen MR) is 135 cm³/mol. The monoisotopic (exact) mass is 524 g/mol. The van der Waals surface area contributed by atoms with Gasteiger partial charge < -0.3 is 39.8 Å². The molecule has 14 heteroatoms. The number of nitrogens with zero attached hydrogens (tertiary/aromatic N) is 6. The van der Waals surface area contributed by atoms with Gasteiger partial charge in [-0.05, 0) is 12.8 Å². The highest BCUT2D eigenvalue weighted by Gasteiger charge is 2.34. The topological polar surface area (TPSA) is 170 Å². The molecule has 38 heavy (non-hydrogen) atoms. The number of carboxylic acid groups (broad SMARTS) is 1. The van der Waals surface area contributed by atoms with E-state index in [0.29, 0.717) is 64.7 Å². The summed E-state index contributed by atoms with van der Waals surface area (Å²) in [4.78, 5) is 40.4. The molecular weight excluding hydrogens is 496 g/mol. The Labute approximate surface area is 217 Å². The molecule has 0 aliphatic carbocycles. The lowest BCUT2D eigenvalue weighted by Crippen LogP contribution is -2.41. The van der Waals surface area contributed by atoms with Gasteiger partial charge in [-0.3, -0.25) is 9.69 Å². The fourth-order valence-corrected chi connectivity index (χ4v) is 4.78. The Bertz CT molecular complexity index is 1370. The number of hydrogen-bond donors (Lipinski definition) is 3.